The summed E-state index contributed by atoms with van der Waals surface area (Å²) < 4.78 is 0. The molecule has 0 aliphatic carbocycles. The van der Waals surface area contributed by atoms with Crippen molar-refractivity contribution in [1.29, 1.82) is 0 Å². The summed E-state index contributed by atoms with van der Waals surface area (Å²) in [4.78, 5) is 2.18. The minimum Gasteiger partial charge on any atom is -0.288 e. The summed E-state index contributed by atoms with van der Waals surface area (Å²) in [6, 6.07) is 0. The number of rotatable bonds is 3. The SMILES string of the molecule is Br.CCN(CC)C(C)Cl. The van der Waals surface area contributed by atoms with Gasteiger partial charge in [0.1, 0.15) is 0 Å². The maximum atomic E-state index is 5.77. The molecule has 1 nitrogen and oxygen atoms in total. The molecule has 0 aromatic rings. The molecule has 9 heavy (non-hydrogen) atoms. The van der Waals surface area contributed by atoms with Gasteiger partial charge in [-0.05, 0) is 20.0 Å². The molecule has 0 rings (SSSR count). The average molecular weight is 217 g/mol. The second-order valence-electron chi connectivity index (χ2n) is 1.80. The molecule has 0 saturated carbocycles. The third kappa shape index (κ3) is 5.19. The molecule has 0 aliphatic heterocycles. The second kappa shape index (κ2) is 6.84. The van der Waals surface area contributed by atoms with E-state index < -0.39 is 0 Å². The van der Waals surface area contributed by atoms with Crippen LogP contribution in [0.5, 0.6) is 0 Å². The van der Waals surface area contributed by atoms with E-state index in [0.29, 0.717) is 0 Å². The number of halogens is 2. The molecule has 0 aliphatic rings. The van der Waals surface area contributed by atoms with Crippen LogP contribution in [0.25, 0.3) is 0 Å². The fourth-order valence-corrected chi connectivity index (χ4v) is 1.00. The summed E-state index contributed by atoms with van der Waals surface area (Å²) in [7, 11) is 0. The summed E-state index contributed by atoms with van der Waals surface area (Å²) in [5, 5.41) is 0. The lowest BCUT2D eigenvalue weighted by Gasteiger charge is -2.19. The van der Waals surface area contributed by atoms with Gasteiger partial charge in [0.15, 0.2) is 0 Å². The second-order valence-corrected chi connectivity index (χ2v) is 2.43. The van der Waals surface area contributed by atoms with Crippen molar-refractivity contribution in [1.82, 2.24) is 4.90 Å². The molecule has 0 amide bonds. The topological polar surface area (TPSA) is 3.24 Å². The first-order chi connectivity index (χ1) is 3.72. The molecular formula is C6H15BrClN. The molecule has 0 fully saturated rings. The molecule has 58 valence electrons. The largest absolute Gasteiger partial charge is 0.288 e. The van der Waals surface area contributed by atoms with Gasteiger partial charge in [0, 0.05) is 0 Å². The van der Waals surface area contributed by atoms with Gasteiger partial charge in [-0.25, -0.2) is 0 Å². The van der Waals surface area contributed by atoms with E-state index in [9.17, 15) is 0 Å². The molecule has 0 bridgehead atoms. The van der Waals surface area contributed by atoms with E-state index in [1.165, 1.54) is 0 Å². The zero-order valence-electron chi connectivity index (χ0n) is 6.22. The maximum absolute atomic E-state index is 5.77. The molecule has 3 heteroatoms. The molecule has 1 unspecified atom stereocenters. The van der Waals surface area contributed by atoms with Crippen LogP contribution in [-0.4, -0.2) is 23.5 Å². The Morgan fingerprint density at radius 2 is 1.67 bits per heavy atom. The number of hydrogen-bond acceptors (Lipinski definition) is 1. The van der Waals surface area contributed by atoms with Crippen LogP contribution in [0.1, 0.15) is 20.8 Å². The molecular weight excluding hydrogens is 201 g/mol. The molecule has 1 atom stereocenters. The highest BCUT2D eigenvalue weighted by molar-refractivity contribution is 8.93. The lowest BCUT2D eigenvalue weighted by atomic mass is 10.5. The highest BCUT2D eigenvalue weighted by Crippen LogP contribution is 2.00. The maximum Gasteiger partial charge on any atom is 0.0821 e. The monoisotopic (exact) mass is 215 g/mol. The Bertz CT molecular complexity index is 55.0. The van der Waals surface area contributed by atoms with Crippen molar-refractivity contribution in [2.75, 3.05) is 13.1 Å². The summed E-state index contributed by atoms with van der Waals surface area (Å²) in [5.41, 5.74) is 0.185. The molecule has 0 saturated heterocycles. The molecule has 0 aromatic carbocycles. The molecule has 0 spiro atoms. The summed E-state index contributed by atoms with van der Waals surface area (Å²) in [5.74, 6) is 0. The Balaban J connectivity index is 0. The van der Waals surface area contributed by atoms with Crippen molar-refractivity contribution in [2.45, 2.75) is 26.3 Å². The van der Waals surface area contributed by atoms with Crippen LogP contribution in [0.3, 0.4) is 0 Å². The van der Waals surface area contributed by atoms with Crippen LogP contribution in [0.2, 0.25) is 0 Å². The number of alkyl halides is 1. The van der Waals surface area contributed by atoms with Crippen molar-refractivity contribution in [3.05, 3.63) is 0 Å². The van der Waals surface area contributed by atoms with Gasteiger partial charge in [0.05, 0.1) is 5.50 Å². The van der Waals surface area contributed by atoms with Crippen LogP contribution in [0, 0.1) is 0 Å². The van der Waals surface area contributed by atoms with Gasteiger partial charge < -0.3 is 0 Å². The Hall–Kier alpha value is 0.730. The van der Waals surface area contributed by atoms with E-state index in [2.05, 4.69) is 18.7 Å². The first-order valence-corrected chi connectivity index (χ1v) is 3.54. The lowest BCUT2D eigenvalue weighted by molar-refractivity contribution is 0.292. The van der Waals surface area contributed by atoms with Crippen molar-refractivity contribution in [2.24, 2.45) is 0 Å². The van der Waals surface area contributed by atoms with Gasteiger partial charge >= 0.3 is 0 Å². The van der Waals surface area contributed by atoms with E-state index >= 15 is 0 Å². The third-order valence-electron chi connectivity index (χ3n) is 1.32. The molecule has 0 radical (unpaired) electrons. The zero-order valence-corrected chi connectivity index (χ0v) is 8.69. The van der Waals surface area contributed by atoms with Crippen LogP contribution >= 0.6 is 28.6 Å². The highest BCUT2D eigenvalue weighted by atomic mass is 79.9. The first-order valence-electron chi connectivity index (χ1n) is 3.10. The Labute approximate surface area is 73.1 Å². The van der Waals surface area contributed by atoms with Crippen molar-refractivity contribution < 1.29 is 0 Å². The van der Waals surface area contributed by atoms with Crippen molar-refractivity contribution >= 4 is 28.6 Å². The first kappa shape index (κ1) is 12.4. The Morgan fingerprint density at radius 3 is 1.67 bits per heavy atom. The molecule has 0 N–H and O–H groups in total. The predicted octanol–water partition coefficient (Wildman–Crippen LogP) is 2.49. The van der Waals surface area contributed by atoms with Crippen molar-refractivity contribution in [3.63, 3.8) is 0 Å². The number of nitrogens with zero attached hydrogens (tertiary/aromatic N) is 1. The zero-order chi connectivity index (χ0) is 6.57. The summed E-state index contributed by atoms with van der Waals surface area (Å²) in [6.45, 7) is 8.31. The van der Waals surface area contributed by atoms with Gasteiger partial charge in [0.25, 0.3) is 0 Å². The summed E-state index contributed by atoms with van der Waals surface area (Å²) in [6.07, 6.45) is 0. The van der Waals surface area contributed by atoms with Crippen LogP contribution in [-0.2, 0) is 0 Å². The quantitative estimate of drug-likeness (QED) is 0.518. The minimum atomic E-state index is 0. The summed E-state index contributed by atoms with van der Waals surface area (Å²) >= 11 is 5.77. The fourth-order valence-electron chi connectivity index (χ4n) is 0.727. The fraction of sp³-hybridized carbons (Fsp3) is 1.00. The normalized spacial score (nSPS) is 13.0. The van der Waals surface area contributed by atoms with Gasteiger partial charge in [-0.1, -0.05) is 13.8 Å². The Morgan fingerprint density at radius 1 is 1.33 bits per heavy atom. The van der Waals surface area contributed by atoms with E-state index in [1.54, 1.807) is 0 Å². The van der Waals surface area contributed by atoms with Crippen molar-refractivity contribution in [3.8, 4) is 0 Å². The Kier molecular flexibility index (Phi) is 9.44. The minimum absolute atomic E-state index is 0. The van der Waals surface area contributed by atoms with E-state index in [1.807, 2.05) is 6.92 Å². The van der Waals surface area contributed by atoms with Gasteiger partial charge in [-0.2, -0.15) is 0 Å². The third-order valence-corrected chi connectivity index (χ3v) is 1.59. The molecule has 0 heterocycles. The predicted molar refractivity (Wildman–Crippen MR) is 48.6 cm³/mol. The lowest BCUT2D eigenvalue weighted by Crippen LogP contribution is -2.28. The number of hydrogen-bond donors (Lipinski definition) is 0. The van der Waals surface area contributed by atoms with Crippen LogP contribution < -0.4 is 0 Å². The van der Waals surface area contributed by atoms with E-state index in [0.717, 1.165) is 13.1 Å². The van der Waals surface area contributed by atoms with Gasteiger partial charge in [-0.3, -0.25) is 4.90 Å². The van der Waals surface area contributed by atoms with Crippen LogP contribution in [0.15, 0.2) is 0 Å². The smallest absolute Gasteiger partial charge is 0.0821 e. The van der Waals surface area contributed by atoms with E-state index in [-0.39, 0.29) is 22.5 Å². The van der Waals surface area contributed by atoms with Gasteiger partial charge in [0.2, 0.25) is 0 Å². The van der Waals surface area contributed by atoms with Crippen LogP contribution in [0.4, 0.5) is 0 Å². The standard InChI is InChI=1S/C6H14ClN.BrH/c1-4-8(5-2)6(3)7;/h6H,4-5H2,1-3H3;1H. The molecule has 0 aromatic heterocycles. The highest BCUT2D eigenvalue weighted by Gasteiger charge is 2.03. The van der Waals surface area contributed by atoms with E-state index in [4.69, 9.17) is 11.6 Å². The average Bonchev–Trinajstić information content (AvgIpc) is 1.69. The van der Waals surface area contributed by atoms with Gasteiger partial charge in [-0.15, -0.1) is 28.6 Å².